The summed E-state index contributed by atoms with van der Waals surface area (Å²) in [6.45, 7) is 9.12. The summed E-state index contributed by atoms with van der Waals surface area (Å²) in [6, 6.07) is 7.57. The van der Waals surface area contributed by atoms with E-state index in [9.17, 15) is 4.79 Å². The molecule has 1 aromatic carbocycles. The van der Waals surface area contributed by atoms with E-state index in [1.807, 2.05) is 43.0 Å². The lowest BCUT2D eigenvalue weighted by atomic mass is 9.85. The molecule has 0 spiro atoms. The van der Waals surface area contributed by atoms with Crippen LogP contribution in [0.4, 0.5) is 5.82 Å². The molecule has 1 aromatic heterocycles. The van der Waals surface area contributed by atoms with E-state index in [1.165, 1.54) is 11.3 Å². The average Bonchev–Trinajstić information content (AvgIpc) is 3.13. The zero-order valence-electron chi connectivity index (χ0n) is 19.5. The van der Waals surface area contributed by atoms with E-state index in [2.05, 4.69) is 21.8 Å². The number of aromatic nitrogens is 2. The fourth-order valence-corrected chi connectivity index (χ4v) is 4.93. The van der Waals surface area contributed by atoms with Crippen molar-refractivity contribution in [1.82, 2.24) is 14.9 Å². The van der Waals surface area contributed by atoms with Gasteiger partial charge in [-0.25, -0.2) is 9.97 Å². The average molecular weight is 515 g/mol. The van der Waals surface area contributed by atoms with Gasteiger partial charge in [0.2, 0.25) is 5.91 Å². The molecule has 2 N–H and O–H groups in total. The van der Waals surface area contributed by atoms with Gasteiger partial charge in [0, 0.05) is 48.0 Å². The molecule has 4 rings (SSSR count). The topological polar surface area (TPSA) is 75.4 Å². The van der Waals surface area contributed by atoms with Gasteiger partial charge in [0.15, 0.2) is 0 Å². The number of carbonyl (C=O) groups is 1. The van der Waals surface area contributed by atoms with Gasteiger partial charge in [0.05, 0.1) is 5.92 Å². The Hall–Kier alpha value is -1.60. The lowest BCUT2D eigenvalue weighted by Gasteiger charge is -2.38. The number of carbonyl (C=O) groups excluding carboxylic acids is 1. The predicted molar refractivity (Wildman–Crippen MR) is 139 cm³/mol. The van der Waals surface area contributed by atoms with Crippen LogP contribution in [0.5, 0.6) is 0 Å². The van der Waals surface area contributed by atoms with E-state index in [0.717, 1.165) is 37.3 Å². The number of hydrogen-bond acceptors (Lipinski definition) is 5. The summed E-state index contributed by atoms with van der Waals surface area (Å²) in [7, 11) is 0. The summed E-state index contributed by atoms with van der Waals surface area (Å²) >= 11 is 6.07. The lowest BCUT2D eigenvalue weighted by molar-refractivity contribution is -0.133. The Kier molecular flexibility index (Phi) is 9.40. The minimum absolute atomic E-state index is 0. The monoisotopic (exact) mass is 513 g/mol. The van der Waals surface area contributed by atoms with Gasteiger partial charge < -0.3 is 15.5 Å². The fraction of sp³-hybridized carbons (Fsp3) is 0.542. The molecule has 6 nitrogen and oxygen atoms in total. The first-order valence-corrected chi connectivity index (χ1v) is 11.5. The van der Waals surface area contributed by atoms with Gasteiger partial charge in [0.25, 0.3) is 0 Å². The second kappa shape index (κ2) is 11.2. The largest absolute Gasteiger partial charge is 0.353 e. The number of aryl methyl sites for hydroxylation is 1. The molecule has 1 aliphatic carbocycles. The van der Waals surface area contributed by atoms with Crippen molar-refractivity contribution < 1.29 is 4.79 Å². The predicted octanol–water partition coefficient (Wildman–Crippen LogP) is 4.58. The number of halogens is 3. The number of anilines is 1. The van der Waals surface area contributed by atoms with Gasteiger partial charge in [-0.2, -0.15) is 0 Å². The van der Waals surface area contributed by atoms with E-state index in [-0.39, 0.29) is 36.6 Å². The molecule has 1 aliphatic heterocycles. The molecule has 2 heterocycles. The third-order valence-corrected chi connectivity index (χ3v) is 6.70. The molecule has 33 heavy (non-hydrogen) atoms. The Bertz CT molecular complexity index is 940. The van der Waals surface area contributed by atoms with Crippen LogP contribution in [0.15, 0.2) is 30.6 Å². The number of amides is 1. The van der Waals surface area contributed by atoms with Crippen LogP contribution in [-0.4, -0.2) is 52.5 Å². The van der Waals surface area contributed by atoms with Crippen LogP contribution in [0, 0.1) is 0 Å². The van der Waals surface area contributed by atoms with Gasteiger partial charge in [-0.1, -0.05) is 30.7 Å². The van der Waals surface area contributed by atoms with Gasteiger partial charge in [-0.15, -0.1) is 24.8 Å². The number of fused-ring (bicyclic) bond motifs is 1. The highest BCUT2D eigenvalue weighted by molar-refractivity contribution is 6.30. The number of hydrogen-bond donors (Lipinski definition) is 1. The maximum absolute atomic E-state index is 13.5. The standard InChI is InChI=1S/C24H32ClN5O.2ClH/c1-16-4-9-20-21(16)22(28-15-27-20)29-10-12-30(13-11-29)23(31)19(14-24(2,3)26)17-5-7-18(25)8-6-17;;/h5-8,15-16,19H,4,9-14,26H2,1-3H3;2*1H. The van der Waals surface area contributed by atoms with Crippen LogP contribution in [0.25, 0.3) is 0 Å². The van der Waals surface area contributed by atoms with Crippen LogP contribution < -0.4 is 10.6 Å². The molecular formula is C24H34Cl3N5O. The quantitative estimate of drug-likeness (QED) is 0.632. The smallest absolute Gasteiger partial charge is 0.230 e. The Morgan fingerprint density at radius 1 is 1.15 bits per heavy atom. The maximum atomic E-state index is 13.5. The number of nitrogens with zero attached hydrogens (tertiary/aromatic N) is 4. The van der Waals surface area contributed by atoms with Crippen LogP contribution in [0.2, 0.25) is 5.02 Å². The molecule has 1 amide bonds. The van der Waals surface area contributed by atoms with Crippen LogP contribution >= 0.6 is 36.4 Å². The Morgan fingerprint density at radius 2 is 1.79 bits per heavy atom. The molecular weight excluding hydrogens is 481 g/mol. The molecule has 2 unspecified atom stereocenters. The van der Waals surface area contributed by atoms with Crippen molar-refractivity contribution in [3.63, 3.8) is 0 Å². The fourth-order valence-electron chi connectivity index (χ4n) is 4.80. The number of piperazine rings is 1. The van der Waals surface area contributed by atoms with Crippen molar-refractivity contribution in [3.05, 3.63) is 52.4 Å². The molecule has 0 saturated carbocycles. The van der Waals surface area contributed by atoms with Gasteiger partial charge in [-0.05, 0) is 56.7 Å². The van der Waals surface area contributed by atoms with Crippen molar-refractivity contribution in [2.24, 2.45) is 5.73 Å². The second-order valence-corrected chi connectivity index (χ2v) is 10.0. The first-order valence-electron chi connectivity index (χ1n) is 11.1. The summed E-state index contributed by atoms with van der Waals surface area (Å²) < 4.78 is 0. The third-order valence-electron chi connectivity index (χ3n) is 6.44. The zero-order valence-corrected chi connectivity index (χ0v) is 21.8. The highest BCUT2D eigenvalue weighted by Crippen LogP contribution is 2.37. The minimum Gasteiger partial charge on any atom is -0.353 e. The highest BCUT2D eigenvalue weighted by Gasteiger charge is 2.33. The maximum Gasteiger partial charge on any atom is 0.230 e. The Balaban J connectivity index is 0.00000193. The van der Waals surface area contributed by atoms with Crippen LogP contribution in [0.3, 0.4) is 0 Å². The highest BCUT2D eigenvalue weighted by atomic mass is 35.5. The SMILES string of the molecule is CC1CCc2ncnc(N3CCN(C(=O)C(CC(C)(C)N)c4ccc(Cl)cc4)CC3)c21.Cl.Cl. The molecule has 9 heteroatoms. The van der Waals surface area contributed by atoms with Gasteiger partial charge in [-0.3, -0.25) is 4.79 Å². The lowest BCUT2D eigenvalue weighted by Crippen LogP contribution is -2.51. The summed E-state index contributed by atoms with van der Waals surface area (Å²) in [4.78, 5) is 26.9. The summed E-state index contributed by atoms with van der Waals surface area (Å²) in [5.41, 5.74) is 9.32. The van der Waals surface area contributed by atoms with Crippen LogP contribution in [0.1, 0.15) is 62.3 Å². The Labute approximate surface area is 214 Å². The van der Waals surface area contributed by atoms with E-state index >= 15 is 0 Å². The van der Waals surface area contributed by atoms with Crippen molar-refractivity contribution in [2.45, 2.75) is 57.4 Å². The summed E-state index contributed by atoms with van der Waals surface area (Å²) in [5, 5.41) is 0.669. The van der Waals surface area contributed by atoms with Crippen LogP contribution in [-0.2, 0) is 11.2 Å². The van der Waals surface area contributed by atoms with Crippen molar-refractivity contribution in [3.8, 4) is 0 Å². The van der Waals surface area contributed by atoms with Gasteiger partial charge in [0.1, 0.15) is 12.1 Å². The summed E-state index contributed by atoms with van der Waals surface area (Å²) in [5.74, 6) is 1.42. The first kappa shape index (κ1) is 27.6. The number of rotatable bonds is 5. The molecule has 2 aliphatic rings. The van der Waals surface area contributed by atoms with Gasteiger partial charge >= 0.3 is 0 Å². The molecule has 2 atom stereocenters. The zero-order chi connectivity index (χ0) is 22.2. The number of benzene rings is 1. The van der Waals surface area contributed by atoms with E-state index < -0.39 is 5.54 Å². The Morgan fingerprint density at radius 3 is 2.39 bits per heavy atom. The normalized spacial score (nSPS) is 18.8. The van der Waals surface area contributed by atoms with Crippen molar-refractivity contribution in [2.75, 3.05) is 31.1 Å². The number of nitrogens with two attached hydrogens (primary N) is 1. The molecule has 2 aromatic rings. The molecule has 1 saturated heterocycles. The van der Waals surface area contributed by atoms with E-state index in [0.29, 0.717) is 30.5 Å². The third kappa shape index (κ3) is 6.30. The summed E-state index contributed by atoms with van der Waals surface area (Å²) in [6.07, 6.45) is 4.44. The van der Waals surface area contributed by atoms with E-state index in [4.69, 9.17) is 17.3 Å². The second-order valence-electron chi connectivity index (χ2n) is 9.61. The van der Waals surface area contributed by atoms with E-state index in [1.54, 1.807) is 6.33 Å². The van der Waals surface area contributed by atoms with Crippen molar-refractivity contribution in [1.29, 1.82) is 0 Å². The molecule has 0 bridgehead atoms. The first-order chi connectivity index (χ1) is 14.7. The van der Waals surface area contributed by atoms with Crippen molar-refractivity contribution >= 4 is 48.1 Å². The molecule has 0 radical (unpaired) electrons. The minimum atomic E-state index is -0.445. The molecule has 182 valence electrons. The molecule has 1 fully saturated rings.